The molecule has 0 saturated carbocycles. The van der Waals surface area contributed by atoms with Crippen LogP contribution in [0.2, 0.25) is 0 Å². The van der Waals surface area contributed by atoms with Crippen molar-refractivity contribution >= 4 is 5.82 Å². The zero-order valence-corrected chi connectivity index (χ0v) is 11.4. The van der Waals surface area contributed by atoms with Crippen LogP contribution in [0.25, 0.3) is 0 Å². The second-order valence-electron chi connectivity index (χ2n) is 5.86. The summed E-state index contributed by atoms with van der Waals surface area (Å²) in [4.78, 5) is 20.8. The van der Waals surface area contributed by atoms with Gasteiger partial charge in [-0.1, -0.05) is 0 Å². The lowest BCUT2D eigenvalue weighted by atomic mass is 10.1. The molecule has 0 aromatic carbocycles. The van der Waals surface area contributed by atoms with E-state index in [-0.39, 0.29) is 11.1 Å². The summed E-state index contributed by atoms with van der Waals surface area (Å²) in [6.07, 6.45) is 5.44. The summed E-state index contributed by atoms with van der Waals surface area (Å²) in [6.45, 7) is 8.26. The van der Waals surface area contributed by atoms with E-state index in [1.54, 1.807) is 12.4 Å². The Hall–Kier alpha value is -1.36. The van der Waals surface area contributed by atoms with Crippen LogP contribution in [0.1, 0.15) is 33.6 Å². The summed E-state index contributed by atoms with van der Waals surface area (Å²) in [5.41, 5.74) is 0.00490. The largest absolute Gasteiger partial charge is 0.348 e. The normalized spacial score (nSPS) is 20.4. The van der Waals surface area contributed by atoms with Crippen LogP contribution in [-0.2, 0) is 0 Å². The predicted octanol–water partition coefficient (Wildman–Crippen LogP) is 1.13. The lowest BCUT2D eigenvalue weighted by molar-refractivity contribution is 0.404. The summed E-state index contributed by atoms with van der Waals surface area (Å²) < 4.78 is 0. The molecule has 0 amide bonds. The Morgan fingerprint density at radius 2 is 2.33 bits per heavy atom. The lowest BCUT2D eigenvalue weighted by Gasteiger charge is -2.29. The van der Waals surface area contributed by atoms with Gasteiger partial charge in [0.15, 0.2) is 5.82 Å². The molecule has 100 valence electrons. The van der Waals surface area contributed by atoms with Crippen LogP contribution in [0.3, 0.4) is 0 Å². The number of aromatic nitrogens is 2. The van der Waals surface area contributed by atoms with Crippen molar-refractivity contribution in [3.63, 3.8) is 0 Å². The fourth-order valence-corrected chi connectivity index (χ4v) is 2.30. The quantitative estimate of drug-likeness (QED) is 0.844. The summed E-state index contributed by atoms with van der Waals surface area (Å²) in [5.74, 6) is 0.552. The Morgan fingerprint density at radius 3 is 3.00 bits per heavy atom. The molecule has 0 aliphatic carbocycles. The van der Waals surface area contributed by atoms with Gasteiger partial charge < -0.3 is 15.2 Å². The molecule has 18 heavy (non-hydrogen) atoms. The number of aromatic amines is 1. The van der Waals surface area contributed by atoms with Crippen LogP contribution in [0.5, 0.6) is 0 Å². The molecule has 5 heteroatoms. The van der Waals surface area contributed by atoms with E-state index in [4.69, 9.17) is 0 Å². The smallest absolute Gasteiger partial charge is 0.290 e. The Kier molecular flexibility index (Phi) is 3.71. The molecular weight excluding hydrogens is 228 g/mol. The minimum absolute atomic E-state index is 0.0971. The average molecular weight is 250 g/mol. The van der Waals surface area contributed by atoms with E-state index in [1.165, 1.54) is 0 Å². The van der Waals surface area contributed by atoms with E-state index in [0.29, 0.717) is 11.9 Å². The molecule has 1 saturated heterocycles. The number of hydrogen-bond acceptors (Lipinski definition) is 4. The zero-order valence-electron chi connectivity index (χ0n) is 11.4. The third-order valence-corrected chi connectivity index (χ3v) is 3.21. The highest BCUT2D eigenvalue weighted by molar-refractivity contribution is 5.38. The molecule has 2 heterocycles. The van der Waals surface area contributed by atoms with Gasteiger partial charge in [-0.3, -0.25) is 4.79 Å². The van der Waals surface area contributed by atoms with Gasteiger partial charge in [0.1, 0.15) is 0 Å². The Labute approximate surface area is 108 Å². The molecular formula is C13H22N4O. The Morgan fingerprint density at radius 1 is 1.56 bits per heavy atom. The molecule has 1 unspecified atom stereocenters. The molecule has 0 radical (unpaired) electrons. The number of H-pyrrole nitrogens is 1. The molecule has 5 nitrogen and oxygen atoms in total. The summed E-state index contributed by atoms with van der Waals surface area (Å²) in [6, 6.07) is 0.361. The monoisotopic (exact) mass is 250 g/mol. The van der Waals surface area contributed by atoms with Crippen LogP contribution < -0.4 is 15.8 Å². The average Bonchev–Trinajstić information content (AvgIpc) is 2.74. The molecule has 1 aliphatic rings. The first-order valence-corrected chi connectivity index (χ1v) is 6.53. The Bertz CT molecular complexity index is 449. The van der Waals surface area contributed by atoms with E-state index in [9.17, 15) is 4.79 Å². The highest BCUT2D eigenvalue weighted by Gasteiger charge is 2.28. The first-order chi connectivity index (χ1) is 8.47. The van der Waals surface area contributed by atoms with Gasteiger partial charge in [0.2, 0.25) is 0 Å². The van der Waals surface area contributed by atoms with Crippen molar-refractivity contribution in [2.24, 2.45) is 0 Å². The molecule has 2 N–H and O–H groups in total. The molecule has 1 aromatic heterocycles. The van der Waals surface area contributed by atoms with Crippen LogP contribution in [0, 0.1) is 0 Å². The van der Waals surface area contributed by atoms with E-state index >= 15 is 0 Å². The van der Waals surface area contributed by atoms with Gasteiger partial charge in [0, 0.05) is 37.1 Å². The van der Waals surface area contributed by atoms with Gasteiger partial charge in [-0.25, -0.2) is 4.98 Å². The highest BCUT2D eigenvalue weighted by atomic mass is 16.1. The SMILES string of the molecule is CC(C)(C)NCC1CCCN1c1ncc[nH]c1=O. The number of rotatable bonds is 3. The third-order valence-electron chi connectivity index (χ3n) is 3.21. The highest BCUT2D eigenvalue weighted by Crippen LogP contribution is 2.20. The van der Waals surface area contributed by atoms with Gasteiger partial charge in [-0.15, -0.1) is 0 Å². The van der Waals surface area contributed by atoms with Crippen molar-refractivity contribution in [2.75, 3.05) is 18.0 Å². The van der Waals surface area contributed by atoms with Crippen molar-refractivity contribution in [3.05, 3.63) is 22.7 Å². The van der Waals surface area contributed by atoms with Crippen LogP contribution in [0.15, 0.2) is 17.2 Å². The number of nitrogens with one attached hydrogen (secondary N) is 2. The van der Waals surface area contributed by atoms with Gasteiger partial charge in [0.25, 0.3) is 5.56 Å². The summed E-state index contributed by atoms with van der Waals surface area (Å²) in [7, 11) is 0. The number of nitrogens with zero attached hydrogens (tertiary/aromatic N) is 2. The second kappa shape index (κ2) is 5.10. The maximum Gasteiger partial charge on any atom is 0.290 e. The van der Waals surface area contributed by atoms with E-state index < -0.39 is 0 Å². The minimum atomic E-state index is -0.0971. The number of hydrogen-bond donors (Lipinski definition) is 2. The van der Waals surface area contributed by atoms with Crippen molar-refractivity contribution in [2.45, 2.75) is 45.2 Å². The fraction of sp³-hybridized carbons (Fsp3) is 0.692. The standard InChI is InChI=1S/C13H22N4O/c1-13(2,3)16-9-10-5-4-8-17(10)11-12(18)15-7-6-14-11/h6-7,10,16H,4-5,8-9H2,1-3H3,(H,15,18). The van der Waals surface area contributed by atoms with E-state index in [0.717, 1.165) is 25.9 Å². The van der Waals surface area contributed by atoms with Crippen molar-refractivity contribution < 1.29 is 0 Å². The number of anilines is 1. The summed E-state index contributed by atoms with van der Waals surface area (Å²) >= 11 is 0. The first kappa shape index (κ1) is 13.1. The van der Waals surface area contributed by atoms with E-state index in [1.807, 2.05) is 0 Å². The zero-order chi connectivity index (χ0) is 13.2. The topological polar surface area (TPSA) is 61.0 Å². The summed E-state index contributed by atoms with van der Waals surface area (Å²) in [5, 5.41) is 3.50. The molecule has 1 aromatic rings. The lowest BCUT2D eigenvalue weighted by Crippen LogP contribution is -2.46. The fourth-order valence-electron chi connectivity index (χ4n) is 2.30. The van der Waals surface area contributed by atoms with E-state index in [2.05, 4.69) is 41.0 Å². The van der Waals surface area contributed by atoms with Crippen LogP contribution in [0.4, 0.5) is 5.82 Å². The van der Waals surface area contributed by atoms with Crippen molar-refractivity contribution in [3.8, 4) is 0 Å². The van der Waals surface area contributed by atoms with Crippen molar-refractivity contribution in [1.82, 2.24) is 15.3 Å². The molecule has 2 rings (SSSR count). The Balaban J connectivity index is 2.09. The maximum absolute atomic E-state index is 11.8. The van der Waals surface area contributed by atoms with Crippen LogP contribution >= 0.6 is 0 Å². The minimum Gasteiger partial charge on any atom is -0.348 e. The van der Waals surface area contributed by atoms with Gasteiger partial charge in [-0.2, -0.15) is 0 Å². The predicted molar refractivity (Wildman–Crippen MR) is 73.0 cm³/mol. The van der Waals surface area contributed by atoms with Gasteiger partial charge >= 0.3 is 0 Å². The third kappa shape index (κ3) is 3.10. The molecule has 1 atom stereocenters. The molecule has 0 bridgehead atoms. The van der Waals surface area contributed by atoms with Crippen molar-refractivity contribution in [1.29, 1.82) is 0 Å². The molecule has 1 fully saturated rings. The molecule has 1 aliphatic heterocycles. The van der Waals surface area contributed by atoms with Gasteiger partial charge in [-0.05, 0) is 33.6 Å². The maximum atomic E-state index is 11.8. The molecule has 0 spiro atoms. The first-order valence-electron chi connectivity index (χ1n) is 6.53. The van der Waals surface area contributed by atoms with Crippen LogP contribution in [-0.4, -0.2) is 34.6 Å². The van der Waals surface area contributed by atoms with Gasteiger partial charge in [0.05, 0.1) is 0 Å². The second-order valence-corrected chi connectivity index (χ2v) is 5.86.